The number of nitrogens with one attached hydrogen (secondary N) is 1. The van der Waals surface area contributed by atoms with Gasteiger partial charge >= 0.3 is 6.09 Å². The third kappa shape index (κ3) is 10.4. The van der Waals surface area contributed by atoms with Gasteiger partial charge in [-0.2, -0.15) is 0 Å². The molecule has 0 aromatic carbocycles. The highest BCUT2D eigenvalue weighted by atomic mass is 32.2. The van der Waals surface area contributed by atoms with Gasteiger partial charge in [-0.3, -0.25) is 0 Å². The lowest BCUT2D eigenvalue weighted by atomic mass is 10.2. The van der Waals surface area contributed by atoms with E-state index >= 15 is 0 Å². The molecule has 0 aliphatic carbocycles. The van der Waals surface area contributed by atoms with Gasteiger partial charge in [0, 0.05) is 16.1 Å². The highest BCUT2D eigenvalue weighted by molar-refractivity contribution is 7.90. The molecule has 5 nitrogen and oxygen atoms in total. The molecule has 0 aliphatic heterocycles. The second-order valence-corrected chi connectivity index (χ2v) is 22.3. The van der Waals surface area contributed by atoms with E-state index in [1.165, 1.54) is 0 Å². The van der Waals surface area contributed by atoms with Gasteiger partial charge in [-0.1, -0.05) is 39.3 Å². The molecule has 0 heterocycles. The summed E-state index contributed by atoms with van der Waals surface area (Å²) in [5.74, 6) is 0. The zero-order valence-corrected chi connectivity index (χ0v) is 18.3. The summed E-state index contributed by atoms with van der Waals surface area (Å²) < 4.78 is 32.4. The maximum absolute atomic E-state index is 12.6. The Labute approximate surface area is 138 Å². The van der Waals surface area contributed by atoms with Crippen LogP contribution in [-0.4, -0.2) is 41.5 Å². The summed E-state index contributed by atoms with van der Waals surface area (Å²) >= 11 is 0. The van der Waals surface area contributed by atoms with Gasteiger partial charge in [0.2, 0.25) is 10.0 Å². The number of hydrogen-bond donors (Lipinski definition) is 1. The average Bonchev–Trinajstić information content (AvgIpc) is 2.06. The van der Waals surface area contributed by atoms with Crippen LogP contribution in [0.1, 0.15) is 20.8 Å². The van der Waals surface area contributed by atoms with E-state index in [9.17, 15) is 13.2 Å². The quantitative estimate of drug-likeness (QED) is 0.723. The minimum absolute atomic E-state index is 0.515. The highest BCUT2D eigenvalue weighted by Crippen LogP contribution is 2.25. The number of amides is 1. The second kappa shape index (κ2) is 7.04. The van der Waals surface area contributed by atoms with Crippen LogP contribution < -0.4 is 4.72 Å². The van der Waals surface area contributed by atoms with E-state index in [2.05, 4.69) is 44.0 Å². The lowest BCUT2D eigenvalue weighted by Crippen LogP contribution is -2.46. The molecule has 1 amide bonds. The van der Waals surface area contributed by atoms with Gasteiger partial charge in [0.15, 0.2) is 0 Å². The standard InChI is InChI=1S/C14H33NO4SSi2/c1-14(2,3)19-13(16)15-20(17,18)12(10-21(4,5)6)11-22(7,8)9/h12H,10-11H2,1-9H3,(H,15,16). The van der Waals surface area contributed by atoms with Crippen LogP contribution in [0.4, 0.5) is 4.79 Å². The molecular weight excluding hydrogens is 334 g/mol. The van der Waals surface area contributed by atoms with E-state index in [1.807, 2.05) is 0 Å². The molecule has 132 valence electrons. The fraction of sp³-hybridized carbons (Fsp3) is 0.929. The van der Waals surface area contributed by atoms with Crippen LogP contribution in [0.15, 0.2) is 0 Å². The van der Waals surface area contributed by atoms with Crippen molar-refractivity contribution in [3.05, 3.63) is 0 Å². The molecule has 0 atom stereocenters. The van der Waals surface area contributed by atoms with Crippen molar-refractivity contribution in [2.45, 2.75) is 83.0 Å². The summed E-state index contributed by atoms with van der Waals surface area (Å²) in [5, 5.41) is -0.515. The van der Waals surface area contributed by atoms with E-state index in [4.69, 9.17) is 4.74 Å². The predicted octanol–water partition coefficient (Wildman–Crippen LogP) is 3.89. The van der Waals surface area contributed by atoms with Gasteiger partial charge in [0.05, 0.1) is 5.25 Å². The Bertz CT molecular complexity index is 468. The SMILES string of the molecule is CC(C)(C)OC(=O)NS(=O)(=O)C(C[Si](C)(C)C)C[Si](C)(C)C. The van der Waals surface area contributed by atoms with Crippen LogP contribution in [0.3, 0.4) is 0 Å². The molecule has 0 radical (unpaired) electrons. The normalized spacial score (nSPS) is 14.1. The topological polar surface area (TPSA) is 72.5 Å². The summed E-state index contributed by atoms with van der Waals surface area (Å²) in [5.41, 5.74) is -0.716. The second-order valence-electron chi connectivity index (χ2n) is 9.30. The van der Waals surface area contributed by atoms with Gasteiger partial charge in [-0.25, -0.2) is 17.9 Å². The van der Waals surface area contributed by atoms with Gasteiger partial charge < -0.3 is 4.74 Å². The molecule has 0 saturated heterocycles. The average molecular weight is 368 g/mol. The van der Waals surface area contributed by atoms with Gasteiger partial charge in [-0.15, -0.1) is 0 Å². The van der Waals surface area contributed by atoms with E-state index in [-0.39, 0.29) is 0 Å². The maximum atomic E-state index is 12.6. The van der Waals surface area contributed by atoms with Crippen molar-refractivity contribution < 1.29 is 17.9 Å². The third-order valence-electron chi connectivity index (χ3n) is 2.74. The third-order valence-corrected chi connectivity index (χ3v) is 8.43. The number of rotatable bonds is 6. The van der Waals surface area contributed by atoms with E-state index < -0.39 is 43.1 Å². The minimum Gasteiger partial charge on any atom is -0.443 e. The van der Waals surface area contributed by atoms with Crippen molar-refractivity contribution in [2.24, 2.45) is 0 Å². The first-order valence-electron chi connectivity index (χ1n) is 7.66. The largest absolute Gasteiger partial charge is 0.443 e. The van der Waals surface area contributed by atoms with Crippen LogP contribution in [0.25, 0.3) is 0 Å². The Morgan fingerprint density at radius 3 is 1.64 bits per heavy atom. The molecule has 0 spiro atoms. The molecule has 0 unspecified atom stereocenters. The van der Waals surface area contributed by atoms with Crippen molar-refractivity contribution in [3.8, 4) is 0 Å². The molecule has 1 N–H and O–H groups in total. The van der Waals surface area contributed by atoms with Crippen molar-refractivity contribution in [1.29, 1.82) is 0 Å². The van der Waals surface area contributed by atoms with Crippen molar-refractivity contribution >= 4 is 32.3 Å². The fourth-order valence-corrected chi connectivity index (χ4v) is 10.7. The molecule has 0 bridgehead atoms. The van der Waals surface area contributed by atoms with Crippen LogP contribution in [-0.2, 0) is 14.8 Å². The molecule has 22 heavy (non-hydrogen) atoms. The molecule has 0 aliphatic rings. The molecule has 0 fully saturated rings. The van der Waals surface area contributed by atoms with E-state index in [0.29, 0.717) is 12.1 Å². The number of carbonyl (C=O) groups is 1. The minimum atomic E-state index is -3.72. The lowest BCUT2D eigenvalue weighted by Gasteiger charge is -2.29. The van der Waals surface area contributed by atoms with Gasteiger partial charge in [0.1, 0.15) is 5.60 Å². The first-order chi connectivity index (χ1) is 9.41. The zero-order chi connectivity index (χ0) is 18.0. The highest BCUT2D eigenvalue weighted by Gasteiger charge is 2.36. The van der Waals surface area contributed by atoms with E-state index in [1.54, 1.807) is 20.8 Å². The lowest BCUT2D eigenvalue weighted by molar-refractivity contribution is 0.0570. The molecule has 0 aromatic heterocycles. The van der Waals surface area contributed by atoms with Crippen molar-refractivity contribution in [3.63, 3.8) is 0 Å². The van der Waals surface area contributed by atoms with Crippen LogP contribution in [0, 0.1) is 0 Å². The Balaban J connectivity index is 5.22. The van der Waals surface area contributed by atoms with Crippen molar-refractivity contribution in [2.75, 3.05) is 0 Å². The Kier molecular flexibility index (Phi) is 6.93. The van der Waals surface area contributed by atoms with Crippen LogP contribution in [0.5, 0.6) is 0 Å². The van der Waals surface area contributed by atoms with Crippen LogP contribution >= 0.6 is 0 Å². The smallest absolute Gasteiger partial charge is 0.421 e. The Hall–Kier alpha value is -0.346. The molecule has 0 saturated carbocycles. The molecule has 0 aromatic rings. The van der Waals surface area contributed by atoms with Crippen molar-refractivity contribution in [1.82, 2.24) is 4.72 Å². The summed E-state index contributed by atoms with van der Waals surface area (Å²) in [4.78, 5) is 11.8. The number of hydrogen-bond acceptors (Lipinski definition) is 4. The first kappa shape index (κ1) is 21.7. The van der Waals surface area contributed by atoms with Gasteiger partial charge in [-0.05, 0) is 32.9 Å². The summed E-state index contributed by atoms with van der Waals surface area (Å²) in [6.45, 7) is 18.0. The van der Waals surface area contributed by atoms with Gasteiger partial charge in [0.25, 0.3) is 0 Å². The molecule has 8 heteroatoms. The molecular formula is C14H33NO4SSi2. The monoisotopic (exact) mass is 367 g/mol. The Morgan fingerprint density at radius 2 is 1.36 bits per heavy atom. The Morgan fingerprint density at radius 1 is 1.00 bits per heavy atom. The first-order valence-corrected chi connectivity index (χ1v) is 16.6. The zero-order valence-electron chi connectivity index (χ0n) is 15.5. The summed E-state index contributed by atoms with van der Waals surface area (Å²) in [7, 11) is -6.87. The number of carbonyl (C=O) groups excluding carboxylic acids is 1. The summed E-state index contributed by atoms with van der Waals surface area (Å²) in [6.07, 6.45) is -0.886. The fourth-order valence-electron chi connectivity index (χ4n) is 2.16. The van der Waals surface area contributed by atoms with Crippen LogP contribution in [0.2, 0.25) is 51.4 Å². The number of sulfonamides is 1. The van der Waals surface area contributed by atoms with E-state index in [0.717, 1.165) is 0 Å². The predicted molar refractivity (Wildman–Crippen MR) is 98.4 cm³/mol. The maximum Gasteiger partial charge on any atom is 0.421 e. The number of ether oxygens (including phenoxy) is 1. The summed E-state index contributed by atoms with van der Waals surface area (Å²) in [6, 6.07) is 1.30. The molecule has 0 rings (SSSR count).